The van der Waals surface area contributed by atoms with Crippen molar-refractivity contribution in [1.29, 1.82) is 0 Å². The van der Waals surface area contributed by atoms with Gasteiger partial charge in [-0.1, -0.05) is 30.7 Å². The predicted molar refractivity (Wildman–Crippen MR) is 122 cm³/mol. The van der Waals surface area contributed by atoms with Crippen molar-refractivity contribution in [2.75, 3.05) is 5.88 Å². The van der Waals surface area contributed by atoms with Crippen LogP contribution in [0.3, 0.4) is 0 Å². The lowest BCUT2D eigenvalue weighted by Crippen LogP contribution is -1.91. The second-order valence-corrected chi connectivity index (χ2v) is 8.81. The minimum Gasteiger partial charge on any atom is -0.421 e. The summed E-state index contributed by atoms with van der Waals surface area (Å²) in [6.45, 7) is 10.5. The third-order valence-electron chi connectivity index (χ3n) is 4.94. The summed E-state index contributed by atoms with van der Waals surface area (Å²) in [6.07, 6.45) is 2.55. The van der Waals surface area contributed by atoms with Crippen LogP contribution in [0.2, 0.25) is 0 Å². The third kappa shape index (κ3) is 3.89. The molecule has 6 heteroatoms. The molecular weight excluding hydrogens is 402 g/mol. The minimum absolute atomic E-state index is 0.491. The summed E-state index contributed by atoms with van der Waals surface area (Å²) in [6, 6.07) is 8.78. The van der Waals surface area contributed by atoms with Crippen molar-refractivity contribution >= 4 is 38.7 Å². The van der Waals surface area contributed by atoms with E-state index in [-0.39, 0.29) is 0 Å². The van der Waals surface area contributed by atoms with E-state index < -0.39 is 0 Å². The van der Waals surface area contributed by atoms with E-state index in [0.717, 1.165) is 40.2 Å². The van der Waals surface area contributed by atoms with Crippen molar-refractivity contribution in [2.24, 2.45) is 0 Å². The molecule has 0 aliphatic carbocycles. The molecule has 0 fully saturated rings. The second kappa shape index (κ2) is 8.17. The van der Waals surface area contributed by atoms with Crippen LogP contribution in [0.25, 0.3) is 27.0 Å². The quantitative estimate of drug-likeness (QED) is 0.335. The largest absolute Gasteiger partial charge is 0.421 e. The lowest BCUT2D eigenvalue weighted by molar-refractivity contribution is 0.480. The topological polar surface area (TPSA) is 54.7 Å². The van der Waals surface area contributed by atoms with E-state index >= 15 is 0 Å². The fraction of sp³-hybridized carbons (Fsp3) is 0.304. The van der Waals surface area contributed by atoms with Crippen LogP contribution in [0.15, 0.2) is 35.3 Å². The highest BCUT2D eigenvalue weighted by atomic mass is 35.5. The number of hydrogen-bond donors (Lipinski definition) is 1. The Morgan fingerprint density at radius 1 is 1.14 bits per heavy atom. The lowest BCUT2D eigenvalue weighted by atomic mass is 10.0. The van der Waals surface area contributed by atoms with Gasteiger partial charge >= 0.3 is 0 Å². The number of hydrogen-bond acceptors (Lipinski definition) is 4. The maximum atomic E-state index is 6.15. The Balaban J connectivity index is 1.75. The smallest absolute Gasteiger partial charge is 0.248 e. The summed E-state index contributed by atoms with van der Waals surface area (Å²) in [5.41, 5.74) is 6.87. The average Bonchev–Trinajstić information content (AvgIpc) is 3.37. The van der Waals surface area contributed by atoms with Gasteiger partial charge in [0.1, 0.15) is 4.83 Å². The molecule has 4 rings (SSSR count). The van der Waals surface area contributed by atoms with Crippen molar-refractivity contribution < 1.29 is 4.42 Å². The molecule has 0 bridgehead atoms. The number of halogens is 1. The fourth-order valence-electron chi connectivity index (χ4n) is 3.70. The third-order valence-corrected chi connectivity index (χ3v) is 6.24. The Bertz CT molecular complexity index is 1160. The van der Waals surface area contributed by atoms with E-state index in [1.807, 2.05) is 0 Å². The molecule has 0 aliphatic rings. The van der Waals surface area contributed by atoms with E-state index in [1.54, 1.807) is 11.3 Å². The van der Waals surface area contributed by atoms with Gasteiger partial charge in [0.15, 0.2) is 0 Å². The standard InChI is InChI=1S/C23H24ClN3OS/c1-5-6-20-26-27-22(28-20)15(4)19-12-18-17(7-8-24)21(25-23(18)29-19)16-10-13(2)9-14(3)11-16/h9-12,25H,4-8H2,1-3H3. The van der Waals surface area contributed by atoms with Gasteiger partial charge in [-0.3, -0.25) is 0 Å². The van der Waals surface area contributed by atoms with E-state index in [2.05, 4.69) is 66.8 Å². The number of aromatic amines is 1. The number of H-pyrrole nitrogens is 1. The summed E-state index contributed by atoms with van der Waals surface area (Å²) in [7, 11) is 0. The number of rotatable bonds is 7. The lowest BCUT2D eigenvalue weighted by Gasteiger charge is -2.07. The van der Waals surface area contributed by atoms with E-state index in [9.17, 15) is 0 Å². The molecule has 3 heterocycles. The zero-order valence-electron chi connectivity index (χ0n) is 16.9. The highest BCUT2D eigenvalue weighted by Gasteiger charge is 2.19. The molecule has 150 valence electrons. The number of benzene rings is 1. The van der Waals surface area contributed by atoms with Crippen molar-refractivity contribution in [2.45, 2.75) is 40.0 Å². The first-order valence-electron chi connectivity index (χ1n) is 9.81. The summed E-state index contributed by atoms with van der Waals surface area (Å²) in [5, 5.41) is 9.47. The Morgan fingerprint density at radius 3 is 2.59 bits per heavy atom. The van der Waals surface area contributed by atoms with Gasteiger partial charge in [-0.2, -0.15) is 0 Å². The molecule has 0 atom stereocenters. The molecule has 29 heavy (non-hydrogen) atoms. The van der Waals surface area contributed by atoms with Gasteiger partial charge in [0, 0.05) is 28.1 Å². The van der Waals surface area contributed by atoms with Crippen LogP contribution in [-0.4, -0.2) is 21.1 Å². The molecule has 0 unspecified atom stereocenters. The monoisotopic (exact) mass is 425 g/mol. The Labute approximate surface area is 179 Å². The molecule has 0 spiro atoms. The van der Waals surface area contributed by atoms with Crippen LogP contribution in [0.5, 0.6) is 0 Å². The highest BCUT2D eigenvalue weighted by Crippen LogP contribution is 2.39. The SMILES string of the molecule is C=C(c1nnc(CCC)o1)c1cc2c(CCCl)c(-c3cc(C)cc(C)c3)[nH]c2s1. The molecule has 1 N–H and O–H groups in total. The van der Waals surface area contributed by atoms with E-state index in [4.69, 9.17) is 16.0 Å². The summed E-state index contributed by atoms with van der Waals surface area (Å²) < 4.78 is 5.76. The van der Waals surface area contributed by atoms with Crippen LogP contribution < -0.4 is 0 Å². The van der Waals surface area contributed by atoms with Crippen molar-refractivity contribution in [3.8, 4) is 11.3 Å². The van der Waals surface area contributed by atoms with Gasteiger partial charge < -0.3 is 9.40 Å². The zero-order chi connectivity index (χ0) is 20.5. The number of thiophene rings is 1. The summed E-state index contributed by atoms with van der Waals surface area (Å²) >= 11 is 7.81. The van der Waals surface area contributed by atoms with Gasteiger partial charge in [-0.05, 0) is 56.0 Å². The van der Waals surface area contributed by atoms with Crippen molar-refractivity contribution in [1.82, 2.24) is 15.2 Å². The number of alkyl halides is 1. The first kappa shape index (κ1) is 19.9. The minimum atomic E-state index is 0.491. The Morgan fingerprint density at radius 2 is 1.90 bits per heavy atom. The average molecular weight is 426 g/mol. The second-order valence-electron chi connectivity index (χ2n) is 7.38. The van der Waals surface area contributed by atoms with Gasteiger partial charge in [0.25, 0.3) is 0 Å². The maximum absolute atomic E-state index is 6.15. The summed E-state index contributed by atoms with van der Waals surface area (Å²) in [4.78, 5) is 5.77. The van der Waals surface area contributed by atoms with Crippen LogP contribution >= 0.6 is 22.9 Å². The molecule has 0 saturated heterocycles. The van der Waals surface area contributed by atoms with Crippen molar-refractivity contribution in [3.05, 3.63) is 64.2 Å². The number of nitrogens with one attached hydrogen (secondary N) is 1. The Kier molecular flexibility index (Phi) is 5.61. The van der Waals surface area contributed by atoms with Gasteiger partial charge in [0.2, 0.25) is 11.8 Å². The molecular formula is C23H24ClN3OS. The summed E-state index contributed by atoms with van der Waals surface area (Å²) in [5.74, 6) is 1.72. The molecule has 0 radical (unpaired) electrons. The predicted octanol–water partition coefficient (Wildman–Crippen LogP) is 6.69. The highest BCUT2D eigenvalue weighted by molar-refractivity contribution is 7.19. The Hall–Kier alpha value is -2.37. The molecule has 1 aromatic carbocycles. The van der Waals surface area contributed by atoms with Crippen LogP contribution in [0, 0.1) is 13.8 Å². The van der Waals surface area contributed by atoms with Gasteiger partial charge in [0.05, 0.1) is 5.69 Å². The molecule has 4 aromatic rings. The number of nitrogens with zero attached hydrogens (tertiary/aromatic N) is 2. The number of aryl methyl sites for hydroxylation is 4. The molecule has 0 saturated carbocycles. The number of fused-ring (bicyclic) bond motifs is 1. The molecule has 4 nitrogen and oxygen atoms in total. The molecule has 0 amide bonds. The van der Waals surface area contributed by atoms with Crippen LogP contribution in [0.1, 0.15) is 46.7 Å². The van der Waals surface area contributed by atoms with Gasteiger partial charge in [-0.15, -0.1) is 33.1 Å². The van der Waals surface area contributed by atoms with Crippen LogP contribution in [-0.2, 0) is 12.8 Å². The number of aromatic nitrogens is 3. The molecule has 3 aromatic heterocycles. The fourth-order valence-corrected chi connectivity index (χ4v) is 4.94. The maximum Gasteiger partial charge on any atom is 0.248 e. The van der Waals surface area contributed by atoms with Crippen molar-refractivity contribution in [3.63, 3.8) is 0 Å². The molecule has 0 aliphatic heterocycles. The van der Waals surface area contributed by atoms with Gasteiger partial charge in [-0.25, -0.2) is 0 Å². The zero-order valence-corrected chi connectivity index (χ0v) is 18.5. The normalized spacial score (nSPS) is 11.4. The van der Waals surface area contributed by atoms with E-state index in [0.29, 0.717) is 17.7 Å². The van der Waals surface area contributed by atoms with E-state index in [1.165, 1.54) is 27.6 Å². The first-order chi connectivity index (χ1) is 14.0. The van der Waals surface area contributed by atoms with Crippen LogP contribution in [0.4, 0.5) is 0 Å². The first-order valence-corrected chi connectivity index (χ1v) is 11.2.